The Morgan fingerprint density at radius 3 is 2.05 bits per heavy atom. The molecule has 0 aromatic heterocycles. The lowest BCUT2D eigenvalue weighted by Crippen LogP contribution is -2.45. The summed E-state index contributed by atoms with van der Waals surface area (Å²) in [5, 5.41) is 0. The highest BCUT2D eigenvalue weighted by atomic mass is 16.6. The third kappa shape index (κ3) is 6.66. The predicted molar refractivity (Wildman–Crippen MR) is 156 cm³/mol. The number of hydrogen-bond donors (Lipinski definition) is 0. The van der Waals surface area contributed by atoms with Crippen LogP contribution in [0.2, 0.25) is 0 Å². The van der Waals surface area contributed by atoms with Crippen LogP contribution in [-0.4, -0.2) is 51.8 Å². The van der Waals surface area contributed by atoms with E-state index in [1.807, 2.05) is 81.4 Å². The Kier molecular flexibility index (Phi) is 8.28. The maximum atomic E-state index is 13.9. The summed E-state index contributed by atoms with van der Waals surface area (Å²) in [5.74, 6) is 0.965. The first-order chi connectivity index (χ1) is 18.8. The van der Waals surface area contributed by atoms with E-state index in [2.05, 4.69) is 9.89 Å². The molecule has 2 aliphatic rings. The first-order valence-electron chi connectivity index (χ1n) is 13.8. The van der Waals surface area contributed by atoms with Crippen LogP contribution in [0.5, 0.6) is 5.75 Å². The van der Waals surface area contributed by atoms with Crippen LogP contribution < -0.4 is 4.74 Å². The van der Waals surface area contributed by atoms with Gasteiger partial charge in [-0.3, -0.25) is 0 Å². The molecular formula is C32H41N3O5. The molecule has 0 atom stereocenters. The number of carbonyl (C=O) groups is 2. The molecule has 1 aliphatic carbocycles. The van der Waals surface area contributed by atoms with Crippen molar-refractivity contribution in [3.63, 3.8) is 0 Å². The van der Waals surface area contributed by atoms with Crippen molar-refractivity contribution >= 4 is 24.2 Å². The van der Waals surface area contributed by atoms with Gasteiger partial charge in [-0.2, -0.15) is 0 Å². The quantitative estimate of drug-likeness (QED) is 0.397. The SMILES string of the molecule is COc1ccc(CN2/C(=N/C(=O)OC(C)(C)C)N(C(=O)OC(C)(C)C)/C(=C\c3ccccc3)C23CCCC3)cc1. The molecule has 1 saturated heterocycles. The molecule has 2 aromatic rings. The predicted octanol–water partition coefficient (Wildman–Crippen LogP) is 7.39. The molecular weight excluding hydrogens is 506 g/mol. The van der Waals surface area contributed by atoms with Crippen molar-refractivity contribution in [1.82, 2.24) is 9.80 Å². The first kappa shape index (κ1) is 29.2. The molecule has 8 heteroatoms. The maximum absolute atomic E-state index is 13.9. The molecule has 8 nitrogen and oxygen atoms in total. The summed E-state index contributed by atoms with van der Waals surface area (Å²) in [7, 11) is 1.63. The van der Waals surface area contributed by atoms with Gasteiger partial charge in [0.05, 0.1) is 18.3 Å². The summed E-state index contributed by atoms with van der Waals surface area (Å²) in [4.78, 5) is 35.1. The van der Waals surface area contributed by atoms with Crippen molar-refractivity contribution < 1.29 is 23.8 Å². The van der Waals surface area contributed by atoms with Gasteiger partial charge in [0.1, 0.15) is 17.0 Å². The highest BCUT2D eigenvalue weighted by Gasteiger charge is 2.56. The van der Waals surface area contributed by atoms with Crippen LogP contribution in [0, 0.1) is 0 Å². The molecule has 0 radical (unpaired) electrons. The lowest BCUT2D eigenvalue weighted by Gasteiger charge is -2.35. The van der Waals surface area contributed by atoms with Gasteiger partial charge in [0.25, 0.3) is 0 Å². The van der Waals surface area contributed by atoms with Gasteiger partial charge < -0.3 is 19.1 Å². The molecule has 0 bridgehead atoms. The van der Waals surface area contributed by atoms with Gasteiger partial charge in [-0.1, -0.05) is 55.3 Å². The van der Waals surface area contributed by atoms with Crippen molar-refractivity contribution in [2.75, 3.05) is 7.11 Å². The van der Waals surface area contributed by atoms with Gasteiger partial charge in [0.15, 0.2) is 0 Å². The number of nitrogens with zero attached hydrogens (tertiary/aromatic N) is 3. The standard InChI is InChI=1S/C32H41N3O5/c1-30(2,3)39-28(36)33-27-34(22-24-15-17-25(38-7)18-16-24)32(19-11-12-20-32)26(21-23-13-9-8-10-14-23)35(27)29(37)40-31(4,5)6/h8-10,13-18,21H,11-12,19-20,22H2,1-7H3/b26-21-,33-27-. The average Bonchev–Trinajstić information content (AvgIpc) is 3.43. The molecule has 1 aliphatic heterocycles. The van der Waals surface area contributed by atoms with Crippen LogP contribution in [0.4, 0.5) is 9.59 Å². The number of guanidine groups is 1. The van der Waals surface area contributed by atoms with Crippen molar-refractivity contribution in [1.29, 1.82) is 0 Å². The van der Waals surface area contributed by atoms with Crippen molar-refractivity contribution in [3.05, 3.63) is 71.4 Å². The maximum Gasteiger partial charge on any atom is 0.437 e. The minimum absolute atomic E-state index is 0.211. The third-order valence-corrected chi connectivity index (χ3v) is 6.87. The second-order valence-corrected chi connectivity index (χ2v) is 12.3. The minimum Gasteiger partial charge on any atom is -0.497 e. The van der Waals surface area contributed by atoms with Gasteiger partial charge in [-0.05, 0) is 83.7 Å². The smallest absolute Gasteiger partial charge is 0.437 e. The molecule has 0 unspecified atom stereocenters. The fourth-order valence-corrected chi connectivity index (χ4v) is 5.26. The highest BCUT2D eigenvalue weighted by Crippen LogP contribution is 2.49. The van der Waals surface area contributed by atoms with E-state index in [1.54, 1.807) is 27.9 Å². The zero-order valence-electron chi connectivity index (χ0n) is 24.7. The molecule has 2 fully saturated rings. The lowest BCUT2D eigenvalue weighted by atomic mass is 9.90. The summed E-state index contributed by atoms with van der Waals surface area (Å²) in [5.41, 5.74) is 0.632. The fraction of sp³-hybridized carbons (Fsp3) is 0.469. The number of amides is 2. The number of rotatable bonds is 4. The molecule has 4 rings (SSSR count). The topological polar surface area (TPSA) is 80.7 Å². The monoisotopic (exact) mass is 547 g/mol. The summed E-state index contributed by atoms with van der Waals surface area (Å²) in [6.07, 6.45) is 4.24. The largest absolute Gasteiger partial charge is 0.497 e. The number of carbonyl (C=O) groups excluding carboxylic acids is 2. The number of hydrogen-bond acceptors (Lipinski definition) is 5. The van der Waals surface area contributed by atoms with Gasteiger partial charge >= 0.3 is 12.2 Å². The van der Waals surface area contributed by atoms with Crippen molar-refractivity contribution in [3.8, 4) is 5.75 Å². The minimum atomic E-state index is -0.759. The molecule has 40 heavy (non-hydrogen) atoms. The van der Waals surface area contributed by atoms with Crippen LogP contribution >= 0.6 is 0 Å². The van der Waals surface area contributed by atoms with Gasteiger partial charge in [0.2, 0.25) is 5.96 Å². The normalized spacial score (nSPS) is 19.0. The Labute approximate surface area is 237 Å². The average molecular weight is 548 g/mol. The summed E-state index contributed by atoms with van der Waals surface area (Å²) in [6, 6.07) is 17.7. The van der Waals surface area contributed by atoms with E-state index in [4.69, 9.17) is 14.2 Å². The van der Waals surface area contributed by atoms with Crippen molar-refractivity contribution in [2.45, 2.75) is 90.5 Å². The van der Waals surface area contributed by atoms with Gasteiger partial charge in [0, 0.05) is 6.54 Å². The first-order valence-corrected chi connectivity index (χ1v) is 13.8. The van der Waals surface area contributed by atoms with Crippen LogP contribution in [0.15, 0.2) is 65.3 Å². The molecule has 2 amide bonds. The Morgan fingerprint density at radius 2 is 1.50 bits per heavy atom. The van der Waals surface area contributed by atoms with E-state index >= 15 is 0 Å². The number of benzene rings is 2. The second-order valence-electron chi connectivity index (χ2n) is 12.3. The Bertz CT molecular complexity index is 1260. The molecule has 0 N–H and O–H groups in total. The number of aliphatic imine (C=N–C) groups is 1. The van der Waals surface area contributed by atoms with E-state index in [1.165, 1.54) is 4.90 Å². The molecule has 1 heterocycles. The number of methoxy groups -OCH3 is 1. The summed E-state index contributed by atoms with van der Waals surface area (Å²) in [6.45, 7) is 11.3. The Hall–Kier alpha value is -3.81. The summed E-state index contributed by atoms with van der Waals surface area (Å²) >= 11 is 0. The Morgan fingerprint density at radius 1 is 0.900 bits per heavy atom. The van der Waals surface area contributed by atoms with Crippen LogP contribution in [0.3, 0.4) is 0 Å². The summed E-state index contributed by atoms with van der Waals surface area (Å²) < 4.78 is 16.9. The van der Waals surface area contributed by atoms with Crippen LogP contribution in [0.1, 0.15) is 78.4 Å². The zero-order chi connectivity index (χ0) is 29.1. The molecule has 214 valence electrons. The molecule has 2 aromatic carbocycles. The Balaban J connectivity index is 1.92. The van der Waals surface area contributed by atoms with E-state index in [0.29, 0.717) is 6.54 Å². The van der Waals surface area contributed by atoms with Crippen molar-refractivity contribution in [2.24, 2.45) is 4.99 Å². The van der Waals surface area contributed by atoms with Gasteiger partial charge in [-0.15, -0.1) is 4.99 Å². The number of ether oxygens (including phenoxy) is 3. The van der Waals surface area contributed by atoms with Crippen LogP contribution in [-0.2, 0) is 16.0 Å². The third-order valence-electron chi connectivity index (χ3n) is 6.87. The van der Waals surface area contributed by atoms with E-state index in [-0.39, 0.29) is 5.96 Å². The lowest BCUT2D eigenvalue weighted by molar-refractivity contribution is 0.0411. The highest BCUT2D eigenvalue weighted by molar-refractivity contribution is 6.04. The van der Waals surface area contributed by atoms with Crippen LogP contribution in [0.25, 0.3) is 6.08 Å². The second kappa shape index (κ2) is 11.4. The molecule has 1 spiro atoms. The van der Waals surface area contributed by atoms with E-state index in [9.17, 15) is 9.59 Å². The van der Waals surface area contributed by atoms with E-state index < -0.39 is 28.9 Å². The fourth-order valence-electron chi connectivity index (χ4n) is 5.26. The van der Waals surface area contributed by atoms with E-state index in [0.717, 1.165) is 48.3 Å². The van der Waals surface area contributed by atoms with Gasteiger partial charge in [-0.25, -0.2) is 14.5 Å². The molecule has 1 saturated carbocycles. The zero-order valence-corrected chi connectivity index (χ0v) is 24.7.